The van der Waals surface area contributed by atoms with Crippen LogP contribution in [0.4, 0.5) is 0 Å². The molecule has 8 heteroatoms. The number of carboxylic acid groups (broad SMARTS) is 1. The molecule has 2 heterocycles. The zero-order valence-corrected chi connectivity index (χ0v) is 16.8. The third kappa shape index (κ3) is 3.35. The van der Waals surface area contributed by atoms with Crippen molar-refractivity contribution < 1.29 is 50.4 Å². The van der Waals surface area contributed by atoms with Gasteiger partial charge >= 0.3 is 35.5 Å². The first-order valence-corrected chi connectivity index (χ1v) is 7.63. The molecular formula is C16H14BrN2NaO4. The summed E-state index contributed by atoms with van der Waals surface area (Å²) >= 11 is 3.33. The summed E-state index contributed by atoms with van der Waals surface area (Å²) in [7, 11) is 1.44. The molecule has 0 radical (unpaired) electrons. The Kier molecular flexibility index (Phi) is 6.03. The normalized spacial score (nSPS) is 13.9. The van der Waals surface area contributed by atoms with E-state index in [4.69, 9.17) is 4.74 Å². The largest absolute Gasteiger partial charge is 1.00 e. The number of methoxy groups -OCH3 is 1. The number of pyridine rings is 1. The van der Waals surface area contributed by atoms with E-state index in [-0.39, 0.29) is 49.1 Å². The summed E-state index contributed by atoms with van der Waals surface area (Å²) in [5.74, 6) is -1.14. The molecule has 0 saturated carbocycles. The molecule has 1 unspecified atom stereocenters. The number of aliphatic carboxylic acids is 1. The third-order valence-corrected chi connectivity index (χ3v) is 4.22. The quantitative estimate of drug-likeness (QED) is 0.716. The number of amides is 1. The number of carbonyl (C=O) groups is 2. The fraction of sp³-hybridized carbons (Fsp3) is 0.188. The van der Waals surface area contributed by atoms with E-state index in [1.165, 1.54) is 18.2 Å². The number of benzene rings is 1. The maximum Gasteiger partial charge on any atom is 1.00 e. The minimum Gasteiger partial charge on any atom is -1.00 e. The minimum atomic E-state index is -1.20. The second kappa shape index (κ2) is 7.65. The van der Waals surface area contributed by atoms with Gasteiger partial charge in [-0.3, -0.25) is 9.78 Å². The van der Waals surface area contributed by atoms with Gasteiger partial charge in [0.25, 0.3) is 5.91 Å². The number of hydrogen-bond acceptors (Lipinski definition) is 4. The van der Waals surface area contributed by atoms with Crippen molar-refractivity contribution in [2.75, 3.05) is 7.11 Å². The van der Waals surface area contributed by atoms with Gasteiger partial charge in [0.1, 0.15) is 11.4 Å². The van der Waals surface area contributed by atoms with Crippen LogP contribution in [0.1, 0.15) is 29.1 Å². The number of aromatic nitrogens is 1. The van der Waals surface area contributed by atoms with Crippen molar-refractivity contribution in [1.29, 1.82) is 0 Å². The summed E-state index contributed by atoms with van der Waals surface area (Å²) in [4.78, 5) is 29.9. The molecule has 3 rings (SSSR count). The van der Waals surface area contributed by atoms with Crippen molar-refractivity contribution in [3.8, 4) is 5.75 Å². The van der Waals surface area contributed by atoms with Crippen molar-refractivity contribution >= 4 is 27.8 Å². The Morgan fingerprint density at radius 1 is 1.46 bits per heavy atom. The number of halogens is 1. The van der Waals surface area contributed by atoms with E-state index in [0.717, 1.165) is 10.0 Å². The molecule has 0 bridgehead atoms. The van der Waals surface area contributed by atoms with E-state index < -0.39 is 12.0 Å². The molecule has 120 valence electrons. The summed E-state index contributed by atoms with van der Waals surface area (Å²) in [5.41, 5.74) is 1.50. The number of hydrogen-bond donors (Lipinski definition) is 1. The first-order valence-electron chi connectivity index (χ1n) is 6.84. The molecule has 24 heavy (non-hydrogen) atoms. The van der Waals surface area contributed by atoms with E-state index in [1.807, 2.05) is 12.1 Å². The Hall–Kier alpha value is -1.41. The van der Waals surface area contributed by atoms with Crippen molar-refractivity contribution in [3.05, 3.63) is 57.8 Å². The average Bonchev–Trinajstić information content (AvgIpc) is 2.84. The molecule has 1 aromatic carbocycles. The van der Waals surface area contributed by atoms with Crippen LogP contribution in [0.3, 0.4) is 0 Å². The van der Waals surface area contributed by atoms with Gasteiger partial charge in [-0.25, -0.2) is 4.79 Å². The number of carboxylic acids is 1. The van der Waals surface area contributed by atoms with E-state index in [0.29, 0.717) is 11.3 Å². The summed E-state index contributed by atoms with van der Waals surface area (Å²) in [5, 5.41) is 9.66. The molecular weight excluding hydrogens is 387 g/mol. The zero-order chi connectivity index (χ0) is 16.6. The smallest absolute Gasteiger partial charge is 1.00 e. The molecule has 1 atom stereocenters. The Balaban J connectivity index is 0.00000156. The number of fused-ring (bicyclic) bond motifs is 1. The van der Waals surface area contributed by atoms with Gasteiger partial charge in [-0.05, 0) is 29.8 Å². The molecule has 1 amide bonds. The van der Waals surface area contributed by atoms with E-state index in [9.17, 15) is 14.7 Å². The predicted molar refractivity (Wildman–Crippen MR) is 86.3 cm³/mol. The fourth-order valence-corrected chi connectivity index (χ4v) is 3.04. The molecule has 0 fully saturated rings. The average molecular weight is 401 g/mol. The molecule has 1 aliphatic heterocycles. The molecule has 0 saturated heterocycles. The van der Waals surface area contributed by atoms with Gasteiger partial charge in [-0.1, -0.05) is 22.0 Å². The van der Waals surface area contributed by atoms with Gasteiger partial charge in [0.15, 0.2) is 6.04 Å². The van der Waals surface area contributed by atoms with Crippen LogP contribution in [-0.2, 0) is 11.3 Å². The van der Waals surface area contributed by atoms with Gasteiger partial charge in [0.05, 0.1) is 7.11 Å². The van der Waals surface area contributed by atoms with Crippen molar-refractivity contribution in [2.45, 2.75) is 12.6 Å². The molecule has 6 nitrogen and oxygen atoms in total. The SMILES string of the molecule is COc1cccnc1C(C(=O)O)N1Cc2ccc(Br)cc2C1=O.[H-].[Na+]. The standard InChI is InChI=1S/C16H13BrN2O4.Na.H/c1-23-12-3-2-6-18-13(12)14(16(21)22)19-8-9-4-5-10(17)7-11(9)15(19)20;;/h2-7,14H,8H2,1H3,(H,21,22);;/q;+1;-1. The van der Waals surface area contributed by atoms with Gasteiger partial charge in [0, 0.05) is 22.8 Å². The number of carbonyl (C=O) groups excluding carboxylic acids is 1. The topological polar surface area (TPSA) is 79.7 Å². The minimum absolute atomic E-state index is 0. The van der Waals surface area contributed by atoms with Gasteiger partial charge in [-0.15, -0.1) is 0 Å². The van der Waals surface area contributed by atoms with Crippen LogP contribution in [0.15, 0.2) is 41.0 Å². The third-order valence-electron chi connectivity index (χ3n) is 3.73. The first-order chi connectivity index (χ1) is 11.0. The maximum atomic E-state index is 12.6. The van der Waals surface area contributed by atoms with E-state index >= 15 is 0 Å². The molecule has 1 aliphatic rings. The van der Waals surface area contributed by atoms with Crippen LogP contribution in [0, 0.1) is 0 Å². The summed E-state index contributed by atoms with van der Waals surface area (Å²) in [6.07, 6.45) is 1.48. The van der Waals surface area contributed by atoms with Crippen LogP contribution in [0.2, 0.25) is 0 Å². The van der Waals surface area contributed by atoms with Crippen molar-refractivity contribution in [1.82, 2.24) is 9.88 Å². The molecule has 1 N–H and O–H groups in total. The van der Waals surface area contributed by atoms with Gasteiger partial charge in [-0.2, -0.15) is 0 Å². The van der Waals surface area contributed by atoms with Crippen LogP contribution >= 0.6 is 15.9 Å². The molecule has 2 aromatic rings. The van der Waals surface area contributed by atoms with Crippen molar-refractivity contribution in [3.63, 3.8) is 0 Å². The monoisotopic (exact) mass is 400 g/mol. The Morgan fingerprint density at radius 2 is 2.21 bits per heavy atom. The van der Waals surface area contributed by atoms with Gasteiger partial charge in [0.2, 0.25) is 0 Å². The summed E-state index contributed by atoms with van der Waals surface area (Å²) < 4.78 is 5.97. The maximum absolute atomic E-state index is 12.6. The predicted octanol–water partition coefficient (Wildman–Crippen LogP) is -0.249. The Morgan fingerprint density at radius 3 is 2.88 bits per heavy atom. The Bertz CT molecular complexity index is 805. The van der Waals surface area contributed by atoms with E-state index in [2.05, 4.69) is 20.9 Å². The van der Waals surface area contributed by atoms with Crippen LogP contribution in [0.5, 0.6) is 5.75 Å². The van der Waals surface area contributed by atoms with Crippen LogP contribution in [0.25, 0.3) is 0 Å². The fourth-order valence-electron chi connectivity index (χ4n) is 2.68. The second-order valence-electron chi connectivity index (χ2n) is 5.07. The Labute approximate surface area is 170 Å². The second-order valence-corrected chi connectivity index (χ2v) is 5.98. The molecule has 1 aromatic heterocycles. The molecule has 0 aliphatic carbocycles. The molecule has 0 spiro atoms. The summed E-state index contributed by atoms with van der Waals surface area (Å²) in [6.45, 7) is 0.220. The zero-order valence-electron chi connectivity index (χ0n) is 14.2. The first kappa shape index (κ1) is 18.9. The summed E-state index contributed by atoms with van der Waals surface area (Å²) in [6, 6.07) is 7.41. The van der Waals surface area contributed by atoms with Crippen molar-refractivity contribution in [2.24, 2.45) is 0 Å². The van der Waals surface area contributed by atoms with Crippen LogP contribution < -0.4 is 34.3 Å². The van der Waals surface area contributed by atoms with Crippen LogP contribution in [-0.4, -0.2) is 34.0 Å². The number of ether oxygens (including phenoxy) is 1. The number of nitrogens with zero attached hydrogens (tertiary/aromatic N) is 2. The van der Waals surface area contributed by atoms with E-state index in [1.54, 1.807) is 18.2 Å². The number of rotatable bonds is 4. The van der Waals surface area contributed by atoms with Gasteiger partial charge < -0.3 is 16.2 Å².